The summed E-state index contributed by atoms with van der Waals surface area (Å²) in [5.41, 5.74) is 4.94. The molecule has 2 aromatic carbocycles. The average Bonchev–Trinajstić information content (AvgIpc) is 3.40. The van der Waals surface area contributed by atoms with Gasteiger partial charge in [-0.2, -0.15) is 0 Å². The molecule has 0 spiro atoms. The molecule has 1 aliphatic heterocycles. The van der Waals surface area contributed by atoms with Gasteiger partial charge in [0, 0.05) is 37.8 Å². The SMILES string of the molecule is CN(Cc1ccccc1)c1ccc2ncc(-c3ccc(N4CCCC4=O)cc3)n2n1. The van der Waals surface area contributed by atoms with Crippen LogP contribution >= 0.6 is 0 Å². The van der Waals surface area contributed by atoms with Gasteiger partial charge in [-0.15, -0.1) is 5.10 Å². The maximum absolute atomic E-state index is 12.0. The molecule has 0 radical (unpaired) electrons. The topological polar surface area (TPSA) is 53.7 Å². The van der Waals surface area contributed by atoms with E-state index in [1.54, 1.807) is 0 Å². The fourth-order valence-electron chi connectivity index (χ4n) is 3.94. The summed E-state index contributed by atoms with van der Waals surface area (Å²) in [4.78, 5) is 20.5. The van der Waals surface area contributed by atoms with E-state index >= 15 is 0 Å². The molecule has 6 heteroatoms. The van der Waals surface area contributed by atoms with Crippen molar-refractivity contribution >= 4 is 23.1 Å². The molecule has 1 fully saturated rings. The van der Waals surface area contributed by atoms with Crippen molar-refractivity contribution in [1.82, 2.24) is 14.6 Å². The first kappa shape index (κ1) is 18.4. The average molecular weight is 397 g/mol. The van der Waals surface area contributed by atoms with Crippen LogP contribution in [0.15, 0.2) is 72.9 Å². The quantitative estimate of drug-likeness (QED) is 0.507. The second kappa shape index (κ2) is 7.63. The number of carbonyl (C=O) groups excluding carboxylic acids is 1. The van der Waals surface area contributed by atoms with Gasteiger partial charge >= 0.3 is 0 Å². The summed E-state index contributed by atoms with van der Waals surface area (Å²) in [6.45, 7) is 1.58. The Bertz CT molecular complexity index is 1180. The predicted molar refractivity (Wildman–Crippen MR) is 119 cm³/mol. The van der Waals surface area contributed by atoms with Gasteiger partial charge in [0.2, 0.25) is 5.91 Å². The molecule has 4 aromatic rings. The van der Waals surface area contributed by atoms with Gasteiger partial charge in [-0.05, 0) is 36.2 Å². The molecule has 1 saturated heterocycles. The van der Waals surface area contributed by atoms with Crippen LogP contribution in [0, 0.1) is 0 Å². The van der Waals surface area contributed by atoms with Crippen molar-refractivity contribution in [3.8, 4) is 11.3 Å². The first-order valence-corrected chi connectivity index (χ1v) is 10.2. The number of nitrogens with zero attached hydrogens (tertiary/aromatic N) is 5. The van der Waals surface area contributed by atoms with E-state index < -0.39 is 0 Å². The van der Waals surface area contributed by atoms with Crippen molar-refractivity contribution in [1.29, 1.82) is 0 Å². The van der Waals surface area contributed by atoms with Gasteiger partial charge in [0.15, 0.2) is 5.65 Å². The molecule has 2 aromatic heterocycles. The van der Waals surface area contributed by atoms with Gasteiger partial charge in [-0.3, -0.25) is 4.79 Å². The zero-order chi connectivity index (χ0) is 20.5. The first-order valence-electron chi connectivity index (χ1n) is 10.2. The van der Waals surface area contributed by atoms with E-state index in [0.29, 0.717) is 6.42 Å². The van der Waals surface area contributed by atoms with Gasteiger partial charge < -0.3 is 9.80 Å². The number of amides is 1. The fraction of sp³-hybridized carbons (Fsp3) is 0.208. The Hall–Kier alpha value is -3.67. The lowest BCUT2D eigenvalue weighted by atomic mass is 10.1. The monoisotopic (exact) mass is 397 g/mol. The van der Waals surface area contributed by atoms with Gasteiger partial charge in [-0.25, -0.2) is 9.50 Å². The molecular formula is C24H23N5O. The van der Waals surface area contributed by atoms with Gasteiger partial charge in [0.1, 0.15) is 5.82 Å². The van der Waals surface area contributed by atoms with Crippen LogP contribution in [0.3, 0.4) is 0 Å². The maximum atomic E-state index is 12.0. The molecule has 5 rings (SSSR count). The van der Waals surface area contributed by atoms with Crippen molar-refractivity contribution in [3.63, 3.8) is 0 Å². The predicted octanol–water partition coefficient (Wildman–Crippen LogP) is 4.16. The number of hydrogen-bond acceptors (Lipinski definition) is 4. The highest BCUT2D eigenvalue weighted by Crippen LogP contribution is 2.27. The summed E-state index contributed by atoms with van der Waals surface area (Å²) in [6, 6.07) is 22.4. The van der Waals surface area contributed by atoms with E-state index in [1.165, 1.54) is 5.56 Å². The molecule has 1 amide bonds. The molecule has 0 bridgehead atoms. The Morgan fingerprint density at radius 1 is 1.00 bits per heavy atom. The summed E-state index contributed by atoms with van der Waals surface area (Å²) in [6.07, 6.45) is 3.41. The third kappa shape index (κ3) is 3.41. The van der Waals surface area contributed by atoms with E-state index in [-0.39, 0.29) is 5.91 Å². The van der Waals surface area contributed by atoms with Crippen LogP contribution in [0.4, 0.5) is 11.5 Å². The minimum Gasteiger partial charge on any atom is -0.354 e. The molecule has 6 nitrogen and oxygen atoms in total. The zero-order valence-corrected chi connectivity index (χ0v) is 16.9. The number of imidazole rings is 1. The molecular weight excluding hydrogens is 374 g/mol. The lowest BCUT2D eigenvalue weighted by molar-refractivity contribution is -0.117. The summed E-state index contributed by atoms with van der Waals surface area (Å²) in [5.74, 6) is 1.08. The number of aromatic nitrogens is 3. The Balaban J connectivity index is 1.43. The van der Waals surface area contributed by atoms with Crippen LogP contribution in [0.2, 0.25) is 0 Å². The molecule has 0 N–H and O–H groups in total. The number of fused-ring (bicyclic) bond motifs is 1. The van der Waals surface area contributed by atoms with Crippen LogP contribution in [0.5, 0.6) is 0 Å². The maximum Gasteiger partial charge on any atom is 0.227 e. The third-order valence-corrected chi connectivity index (χ3v) is 5.55. The molecule has 150 valence electrons. The van der Waals surface area contributed by atoms with Crippen LogP contribution in [-0.4, -0.2) is 34.1 Å². The third-order valence-electron chi connectivity index (χ3n) is 5.55. The van der Waals surface area contributed by atoms with Crippen molar-refractivity contribution in [2.24, 2.45) is 0 Å². The summed E-state index contributed by atoms with van der Waals surface area (Å²) in [7, 11) is 2.04. The van der Waals surface area contributed by atoms with Gasteiger partial charge in [0.05, 0.1) is 11.9 Å². The molecule has 30 heavy (non-hydrogen) atoms. The largest absolute Gasteiger partial charge is 0.354 e. The number of benzene rings is 2. The number of rotatable bonds is 5. The van der Waals surface area contributed by atoms with E-state index in [0.717, 1.165) is 47.9 Å². The van der Waals surface area contributed by atoms with Crippen molar-refractivity contribution < 1.29 is 4.79 Å². The van der Waals surface area contributed by atoms with Gasteiger partial charge in [0.25, 0.3) is 0 Å². The lowest BCUT2D eigenvalue weighted by Crippen LogP contribution is -2.23. The van der Waals surface area contributed by atoms with Crippen LogP contribution in [0.1, 0.15) is 18.4 Å². The lowest BCUT2D eigenvalue weighted by Gasteiger charge is -2.18. The van der Waals surface area contributed by atoms with Crippen LogP contribution in [-0.2, 0) is 11.3 Å². The Kier molecular flexibility index (Phi) is 4.67. The van der Waals surface area contributed by atoms with Crippen molar-refractivity contribution in [2.75, 3.05) is 23.4 Å². The Morgan fingerprint density at radius 2 is 1.80 bits per heavy atom. The normalized spacial score (nSPS) is 13.9. The van der Waals surface area contributed by atoms with Crippen molar-refractivity contribution in [2.45, 2.75) is 19.4 Å². The van der Waals surface area contributed by atoms with Gasteiger partial charge in [-0.1, -0.05) is 42.5 Å². The second-order valence-corrected chi connectivity index (χ2v) is 7.64. The first-order chi connectivity index (χ1) is 14.7. The van der Waals surface area contributed by atoms with Crippen LogP contribution in [0.25, 0.3) is 16.9 Å². The smallest absolute Gasteiger partial charge is 0.227 e. The molecule has 3 heterocycles. The Labute approximate surface area is 175 Å². The second-order valence-electron chi connectivity index (χ2n) is 7.64. The molecule has 0 atom stereocenters. The minimum atomic E-state index is 0.199. The molecule has 1 aliphatic rings. The number of carbonyl (C=O) groups is 1. The molecule has 0 saturated carbocycles. The van der Waals surface area contributed by atoms with E-state index in [4.69, 9.17) is 5.10 Å². The van der Waals surface area contributed by atoms with E-state index in [9.17, 15) is 4.79 Å². The number of anilines is 2. The van der Waals surface area contributed by atoms with Crippen molar-refractivity contribution in [3.05, 3.63) is 78.5 Å². The van der Waals surface area contributed by atoms with Crippen LogP contribution < -0.4 is 9.80 Å². The summed E-state index contributed by atoms with van der Waals surface area (Å²) >= 11 is 0. The number of hydrogen-bond donors (Lipinski definition) is 0. The summed E-state index contributed by atoms with van der Waals surface area (Å²) in [5, 5.41) is 4.84. The highest BCUT2D eigenvalue weighted by molar-refractivity contribution is 5.95. The molecule has 0 unspecified atom stereocenters. The van der Waals surface area contributed by atoms with E-state index in [2.05, 4.69) is 22.0 Å². The molecule has 0 aliphatic carbocycles. The zero-order valence-electron chi connectivity index (χ0n) is 16.9. The highest BCUT2D eigenvalue weighted by Gasteiger charge is 2.21. The minimum absolute atomic E-state index is 0.199. The Morgan fingerprint density at radius 3 is 2.53 bits per heavy atom. The van der Waals surface area contributed by atoms with E-state index in [1.807, 2.05) is 77.3 Å². The summed E-state index contributed by atoms with van der Waals surface area (Å²) < 4.78 is 1.88. The highest BCUT2D eigenvalue weighted by atomic mass is 16.2. The standard InChI is InChI=1S/C24H23N5O/c1-27(17-18-6-3-2-4-7-18)23-14-13-22-25-16-21(29(22)26-23)19-9-11-20(12-10-19)28-15-5-8-24(28)30/h2-4,6-7,9-14,16H,5,8,15,17H2,1H3. The fourth-order valence-corrected chi connectivity index (χ4v) is 3.94.